The maximum atomic E-state index is 12.8. The van der Waals surface area contributed by atoms with Crippen LogP contribution in [0.3, 0.4) is 0 Å². The van der Waals surface area contributed by atoms with E-state index in [1.165, 1.54) is 12.1 Å². The lowest BCUT2D eigenvalue weighted by Gasteiger charge is -2.17. The van der Waals surface area contributed by atoms with Crippen LogP contribution in [0, 0.1) is 5.82 Å². The van der Waals surface area contributed by atoms with Gasteiger partial charge in [-0.05, 0) is 42.2 Å². The molecule has 0 spiro atoms. The van der Waals surface area contributed by atoms with Crippen molar-refractivity contribution in [3.05, 3.63) is 65.5 Å². The molecule has 0 aliphatic carbocycles. The van der Waals surface area contributed by atoms with Gasteiger partial charge in [0.25, 0.3) is 0 Å². The summed E-state index contributed by atoms with van der Waals surface area (Å²) in [5, 5.41) is 2.67. The highest BCUT2D eigenvalue weighted by atomic mass is 19.1. The topological polar surface area (TPSA) is 49.4 Å². The van der Waals surface area contributed by atoms with Gasteiger partial charge in [0.1, 0.15) is 5.82 Å². The van der Waals surface area contributed by atoms with E-state index in [1.807, 2.05) is 24.3 Å². The van der Waals surface area contributed by atoms with E-state index in [0.29, 0.717) is 13.0 Å². The Bertz CT molecular complexity index is 743. The number of carbonyl (C=O) groups is 2. The molecule has 1 aliphatic rings. The number of halogens is 1. The summed E-state index contributed by atoms with van der Waals surface area (Å²) in [6, 6.07) is 13.9. The molecule has 24 heavy (non-hydrogen) atoms. The van der Waals surface area contributed by atoms with Gasteiger partial charge in [-0.1, -0.05) is 30.3 Å². The molecule has 1 heterocycles. The van der Waals surface area contributed by atoms with E-state index in [4.69, 9.17) is 0 Å². The third-order valence-corrected chi connectivity index (χ3v) is 4.18. The summed E-state index contributed by atoms with van der Waals surface area (Å²) >= 11 is 0. The summed E-state index contributed by atoms with van der Waals surface area (Å²) in [7, 11) is 0. The predicted octanol–water partition coefficient (Wildman–Crippen LogP) is 2.46. The molecule has 2 amide bonds. The fourth-order valence-corrected chi connectivity index (χ4v) is 2.86. The van der Waals surface area contributed by atoms with Gasteiger partial charge >= 0.3 is 0 Å². The third kappa shape index (κ3) is 3.79. The molecule has 3 rings (SSSR count). The van der Waals surface area contributed by atoms with Crippen molar-refractivity contribution in [2.24, 2.45) is 0 Å². The van der Waals surface area contributed by atoms with Crippen LogP contribution >= 0.6 is 0 Å². The highest BCUT2D eigenvalue weighted by molar-refractivity contribution is 5.98. The molecule has 0 saturated heterocycles. The number of aryl methyl sites for hydroxylation is 1. The van der Waals surface area contributed by atoms with Crippen molar-refractivity contribution in [3.8, 4) is 0 Å². The van der Waals surface area contributed by atoms with Crippen molar-refractivity contribution in [1.82, 2.24) is 5.32 Å². The molecule has 1 aliphatic heterocycles. The Hall–Kier alpha value is -2.69. The molecule has 1 N–H and O–H groups in total. The maximum Gasteiger partial charge on any atom is 0.246 e. The van der Waals surface area contributed by atoms with Crippen molar-refractivity contribution >= 4 is 17.5 Å². The first-order chi connectivity index (χ1) is 11.6. The minimum Gasteiger partial charge on any atom is -0.347 e. The lowest BCUT2D eigenvalue weighted by Crippen LogP contribution is -2.39. The van der Waals surface area contributed by atoms with E-state index in [0.717, 1.165) is 23.2 Å². The quantitative estimate of drug-likeness (QED) is 0.917. The fraction of sp³-hybridized carbons (Fsp3) is 0.263. The molecule has 0 atom stereocenters. The van der Waals surface area contributed by atoms with E-state index < -0.39 is 0 Å². The molecule has 0 radical (unpaired) electrons. The van der Waals surface area contributed by atoms with E-state index >= 15 is 0 Å². The Labute approximate surface area is 140 Å². The molecule has 0 saturated carbocycles. The minimum absolute atomic E-state index is 0.00339. The molecule has 0 aromatic heterocycles. The molecule has 2 aromatic carbocycles. The average molecular weight is 326 g/mol. The van der Waals surface area contributed by atoms with Gasteiger partial charge in [0.15, 0.2) is 0 Å². The van der Waals surface area contributed by atoms with Gasteiger partial charge in [0, 0.05) is 18.7 Å². The van der Waals surface area contributed by atoms with Crippen LogP contribution in [0.4, 0.5) is 10.1 Å². The van der Waals surface area contributed by atoms with Gasteiger partial charge in [-0.2, -0.15) is 0 Å². The van der Waals surface area contributed by atoms with Crippen LogP contribution in [0.2, 0.25) is 0 Å². The number of amides is 2. The minimum atomic E-state index is -0.292. The largest absolute Gasteiger partial charge is 0.347 e. The predicted molar refractivity (Wildman–Crippen MR) is 90.2 cm³/mol. The smallest absolute Gasteiger partial charge is 0.246 e. The van der Waals surface area contributed by atoms with E-state index in [1.54, 1.807) is 17.0 Å². The monoisotopic (exact) mass is 326 g/mol. The molecular formula is C19H19FN2O2. The van der Waals surface area contributed by atoms with Gasteiger partial charge < -0.3 is 10.2 Å². The molecule has 0 bridgehead atoms. The van der Waals surface area contributed by atoms with Crippen molar-refractivity contribution in [2.75, 3.05) is 18.0 Å². The first-order valence-electron chi connectivity index (χ1n) is 8.03. The molecule has 124 valence electrons. The number of hydrogen-bond acceptors (Lipinski definition) is 2. The first kappa shape index (κ1) is 16.2. The fourth-order valence-electron chi connectivity index (χ4n) is 2.86. The maximum absolute atomic E-state index is 12.8. The van der Waals surface area contributed by atoms with Gasteiger partial charge in [0.2, 0.25) is 11.8 Å². The number of rotatable bonds is 5. The van der Waals surface area contributed by atoms with Gasteiger partial charge in [-0.15, -0.1) is 0 Å². The summed E-state index contributed by atoms with van der Waals surface area (Å²) in [6.07, 6.45) is 1.64. The summed E-state index contributed by atoms with van der Waals surface area (Å²) in [4.78, 5) is 25.9. The van der Waals surface area contributed by atoms with Crippen molar-refractivity contribution in [1.29, 1.82) is 0 Å². The van der Waals surface area contributed by atoms with Gasteiger partial charge in [-0.3, -0.25) is 9.59 Å². The number of benzene rings is 2. The normalized spacial score (nSPS) is 12.8. The van der Waals surface area contributed by atoms with Crippen LogP contribution in [-0.2, 0) is 22.4 Å². The van der Waals surface area contributed by atoms with Crippen molar-refractivity contribution in [2.45, 2.75) is 19.3 Å². The highest BCUT2D eigenvalue weighted by Gasteiger charge is 2.23. The third-order valence-electron chi connectivity index (χ3n) is 4.18. The number of carbonyl (C=O) groups excluding carboxylic acids is 2. The lowest BCUT2D eigenvalue weighted by atomic mass is 10.1. The van der Waals surface area contributed by atoms with Gasteiger partial charge in [-0.25, -0.2) is 4.39 Å². The van der Waals surface area contributed by atoms with Crippen LogP contribution in [0.1, 0.15) is 17.5 Å². The van der Waals surface area contributed by atoms with E-state index in [9.17, 15) is 14.0 Å². The Morgan fingerprint density at radius 2 is 1.83 bits per heavy atom. The summed E-state index contributed by atoms with van der Waals surface area (Å²) in [5.74, 6) is -0.574. The number of anilines is 1. The van der Waals surface area contributed by atoms with Crippen LogP contribution in [0.15, 0.2) is 48.5 Å². The molecule has 2 aromatic rings. The molecule has 5 heteroatoms. The zero-order valence-electron chi connectivity index (χ0n) is 13.3. The number of hydrogen-bond donors (Lipinski definition) is 1. The number of fused-ring (bicyclic) bond motifs is 1. The van der Waals surface area contributed by atoms with Crippen LogP contribution < -0.4 is 10.2 Å². The molecule has 4 nitrogen and oxygen atoms in total. The number of nitrogens with zero attached hydrogens (tertiary/aromatic N) is 1. The van der Waals surface area contributed by atoms with E-state index in [-0.39, 0.29) is 30.6 Å². The Morgan fingerprint density at radius 3 is 2.62 bits per heavy atom. The second kappa shape index (κ2) is 7.25. The van der Waals surface area contributed by atoms with Crippen LogP contribution in [0.25, 0.3) is 0 Å². The average Bonchev–Trinajstić information content (AvgIpc) is 3.03. The number of nitrogens with one attached hydrogen (secondary N) is 1. The zero-order valence-corrected chi connectivity index (χ0v) is 13.3. The Kier molecular flexibility index (Phi) is 4.89. The van der Waals surface area contributed by atoms with Crippen LogP contribution in [0.5, 0.6) is 0 Å². The Balaban J connectivity index is 1.46. The van der Waals surface area contributed by atoms with Crippen LogP contribution in [-0.4, -0.2) is 24.9 Å². The first-order valence-corrected chi connectivity index (χ1v) is 8.03. The summed E-state index contributed by atoms with van der Waals surface area (Å²) in [5.41, 5.74) is 2.99. The second-order valence-electron chi connectivity index (χ2n) is 5.83. The standard InChI is InChI=1S/C19H19FN2O2/c20-16-8-5-14(6-9-16)7-10-18(23)21-13-19(24)22-12-11-15-3-1-2-4-17(15)22/h1-6,8-9H,7,10-13H2,(H,21,23). The summed E-state index contributed by atoms with van der Waals surface area (Å²) < 4.78 is 12.8. The Morgan fingerprint density at radius 1 is 1.08 bits per heavy atom. The molecule has 0 fully saturated rings. The lowest BCUT2D eigenvalue weighted by molar-refractivity contribution is -0.124. The van der Waals surface area contributed by atoms with Gasteiger partial charge in [0.05, 0.1) is 6.54 Å². The zero-order chi connectivity index (χ0) is 16.9. The highest BCUT2D eigenvalue weighted by Crippen LogP contribution is 2.27. The van der Waals surface area contributed by atoms with Crippen molar-refractivity contribution in [3.63, 3.8) is 0 Å². The molecule has 0 unspecified atom stereocenters. The SMILES string of the molecule is O=C(CCc1ccc(F)cc1)NCC(=O)N1CCc2ccccc21. The van der Waals surface area contributed by atoms with Crippen molar-refractivity contribution < 1.29 is 14.0 Å². The molecular weight excluding hydrogens is 307 g/mol. The van der Waals surface area contributed by atoms with E-state index in [2.05, 4.69) is 5.32 Å². The number of para-hydroxylation sites is 1. The summed E-state index contributed by atoms with van der Waals surface area (Å²) in [6.45, 7) is 0.653. The second-order valence-corrected chi connectivity index (χ2v) is 5.83.